The van der Waals surface area contributed by atoms with E-state index in [1.165, 1.54) is 65.9 Å². The molecule has 2 aromatic rings. The molecule has 158 valence electrons. The molecule has 0 bridgehead atoms. The van der Waals surface area contributed by atoms with Crippen LogP contribution in [0.15, 0.2) is 42.5 Å². The summed E-state index contributed by atoms with van der Waals surface area (Å²) in [4.78, 5) is 2.40. The number of halogens is 1. The number of anilines is 1. The van der Waals surface area contributed by atoms with Gasteiger partial charge in [0, 0.05) is 41.5 Å². The zero-order valence-electron chi connectivity index (χ0n) is 18.8. The van der Waals surface area contributed by atoms with E-state index >= 15 is 0 Å². The van der Waals surface area contributed by atoms with Crippen LogP contribution in [0.1, 0.15) is 62.6 Å². The second kappa shape index (κ2) is 8.59. The molecule has 3 heteroatoms. The molecular formula is C27H34ClN2+. The van der Waals surface area contributed by atoms with Gasteiger partial charge in [0.2, 0.25) is 5.69 Å². The summed E-state index contributed by atoms with van der Waals surface area (Å²) in [6.45, 7) is 8.73. The summed E-state index contributed by atoms with van der Waals surface area (Å²) < 4.78 is 2.40. The maximum atomic E-state index is 6.43. The van der Waals surface area contributed by atoms with Crippen LogP contribution in [0, 0.1) is 6.92 Å². The average molecular weight is 422 g/mol. The Labute approximate surface area is 186 Å². The van der Waals surface area contributed by atoms with E-state index in [1.54, 1.807) is 0 Å². The van der Waals surface area contributed by atoms with Gasteiger partial charge in [0.25, 0.3) is 0 Å². The van der Waals surface area contributed by atoms with E-state index in [0.717, 1.165) is 18.1 Å². The Morgan fingerprint density at radius 2 is 1.73 bits per heavy atom. The van der Waals surface area contributed by atoms with Crippen LogP contribution in [0.5, 0.6) is 0 Å². The Kier molecular flexibility index (Phi) is 6.06. The number of hydrogen-bond donors (Lipinski definition) is 0. The van der Waals surface area contributed by atoms with E-state index in [9.17, 15) is 0 Å². The highest BCUT2D eigenvalue weighted by molar-refractivity contribution is 6.30. The van der Waals surface area contributed by atoms with E-state index < -0.39 is 0 Å². The summed E-state index contributed by atoms with van der Waals surface area (Å²) in [5.41, 5.74) is 8.21. The quantitative estimate of drug-likeness (QED) is 0.465. The summed E-state index contributed by atoms with van der Waals surface area (Å²) in [6, 6.07) is 13.3. The topological polar surface area (TPSA) is 6.25 Å². The Balaban J connectivity index is 1.71. The summed E-state index contributed by atoms with van der Waals surface area (Å²) in [6.07, 6.45) is 11.0. The predicted molar refractivity (Wildman–Crippen MR) is 131 cm³/mol. The Morgan fingerprint density at radius 3 is 2.40 bits per heavy atom. The largest absolute Gasteiger partial charge is 0.372 e. The molecule has 0 saturated heterocycles. The lowest BCUT2D eigenvalue weighted by Crippen LogP contribution is -2.36. The Bertz CT molecular complexity index is 992. The number of nitrogens with zero attached hydrogens (tertiary/aromatic N) is 2. The number of benzene rings is 2. The van der Waals surface area contributed by atoms with E-state index in [-0.39, 0.29) is 5.41 Å². The first-order chi connectivity index (χ1) is 14.5. The average Bonchev–Trinajstić information content (AvgIpc) is 2.96. The van der Waals surface area contributed by atoms with Gasteiger partial charge in [0.1, 0.15) is 7.05 Å². The predicted octanol–water partition coefficient (Wildman–Crippen LogP) is 7.14. The molecule has 0 atom stereocenters. The normalized spacial score (nSPS) is 17.8. The second-order valence-electron chi connectivity index (χ2n) is 8.80. The van der Waals surface area contributed by atoms with E-state index in [4.69, 9.17) is 11.6 Å². The molecule has 0 aromatic heterocycles. The molecule has 1 heterocycles. The number of allylic oxidation sites excluding steroid dienone is 1. The van der Waals surface area contributed by atoms with Crippen molar-refractivity contribution < 1.29 is 4.58 Å². The molecule has 0 amide bonds. The molecule has 1 aliphatic carbocycles. The van der Waals surface area contributed by atoms with Crippen molar-refractivity contribution in [3.05, 3.63) is 64.2 Å². The van der Waals surface area contributed by atoms with Crippen molar-refractivity contribution in [2.24, 2.45) is 0 Å². The monoisotopic (exact) mass is 421 g/mol. The second-order valence-corrected chi connectivity index (χ2v) is 9.23. The minimum atomic E-state index is 0.110. The first-order valence-corrected chi connectivity index (χ1v) is 11.8. The number of rotatable bonds is 5. The molecule has 1 aliphatic heterocycles. The smallest absolute Gasteiger partial charge is 0.209 e. The minimum Gasteiger partial charge on any atom is -0.372 e. The molecule has 2 aromatic carbocycles. The van der Waals surface area contributed by atoms with Crippen molar-refractivity contribution in [3.63, 3.8) is 0 Å². The molecule has 0 N–H and O–H groups in total. The van der Waals surface area contributed by atoms with Crippen LogP contribution >= 0.6 is 11.6 Å². The highest BCUT2D eigenvalue weighted by Crippen LogP contribution is 2.49. The lowest BCUT2D eigenvalue weighted by Gasteiger charge is -2.31. The van der Waals surface area contributed by atoms with Crippen molar-refractivity contribution in [1.82, 2.24) is 0 Å². The standard InChI is InChI=1S/C27H34ClN2/c1-5-30(6-2)23-13-10-21(20(3)18-23)11-15-26-27(16-8-7-9-17-27)24-19-22(28)12-14-25(24)29(26)4/h10-15,18-19H,5-9,16-17H2,1-4H3/q+1. The molecule has 30 heavy (non-hydrogen) atoms. The van der Waals surface area contributed by atoms with Crippen molar-refractivity contribution >= 4 is 34.8 Å². The minimum absolute atomic E-state index is 0.110. The first kappa shape index (κ1) is 21.2. The van der Waals surface area contributed by atoms with E-state index in [0.29, 0.717) is 0 Å². The molecule has 1 saturated carbocycles. The van der Waals surface area contributed by atoms with E-state index in [2.05, 4.69) is 79.8 Å². The SMILES string of the molecule is CCN(CC)c1ccc(/C=C/C2=[N+](C)c3ccc(Cl)cc3C23CCCCC3)c(C)c1. The van der Waals surface area contributed by atoms with Gasteiger partial charge in [-0.05, 0) is 75.1 Å². The van der Waals surface area contributed by atoms with E-state index in [1.807, 2.05) is 6.07 Å². The number of hydrogen-bond acceptors (Lipinski definition) is 1. The van der Waals surface area contributed by atoms with Gasteiger partial charge < -0.3 is 4.90 Å². The van der Waals surface area contributed by atoms with Crippen LogP contribution in [-0.2, 0) is 5.41 Å². The summed E-state index contributed by atoms with van der Waals surface area (Å²) in [7, 11) is 2.21. The molecule has 4 rings (SSSR count). The Morgan fingerprint density at radius 1 is 1.00 bits per heavy atom. The van der Waals surface area contributed by atoms with Crippen molar-refractivity contribution in [3.8, 4) is 0 Å². The number of fused-ring (bicyclic) bond motifs is 2. The maximum absolute atomic E-state index is 6.43. The zero-order valence-corrected chi connectivity index (χ0v) is 19.6. The molecule has 0 radical (unpaired) electrons. The van der Waals surface area contributed by atoms with Gasteiger partial charge in [-0.25, -0.2) is 0 Å². The summed E-state index contributed by atoms with van der Waals surface area (Å²) in [5, 5.41) is 0.847. The number of aryl methyl sites for hydroxylation is 1. The fourth-order valence-corrected chi connectivity index (χ4v) is 5.70. The molecule has 2 aliphatic rings. The lowest BCUT2D eigenvalue weighted by molar-refractivity contribution is -0.401. The fourth-order valence-electron chi connectivity index (χ4n) is 5.53. The molecular weight excluding hydrogens is 388 g/mol. The fraction of sp³-hybridized carbons (Fsp3) is 0.444. The van der Waals surface area contributed by atoms with Gasteiger partial charge in [-0.2, -0.15) is 4.58 Å². The lowest BCUT2D eigenvalue weighted by atomic mass is 9.67. The summed E-state index contributed by atoms with van der Waals surface area (Å²) >= 11 is 6.43. The van der Waals surface area contributed by atoms with Gasteiger partial charge in [-0.1, -0.05) is 36.9 Å². The van der Waals surface area contributed by atoms with Gasteiger partial charge in [-0.3, -0.25) is 0 Å². The van der Waals surface area contributed by atoms with Gasteiger partial charge in [-0.15, -0.1) is 0 Å². The van der Waals surface area contributed by atoms with Crippen LogP contribution in [-0.4, -0.2) is 30.4 Å². The van der Waals surface area contributed by atoms with Crippen molar-refractivity contribution in [2.75, 3.05) is 25.0 Å². The first-order valence-electron chi connectivity index (χ1n) is 11.4. The van der Waals surface area contributed by atoms with Crippen LogP contribution in [0.25, 0.3) is 6.08 Å². The molecule has 1 fully saturated rings. The van der Waals surface area contributed by atoms with Gasteiger partial charge in [0.15, 0.2) is 5.71 Å². The van der Waals surface area contributed by atoms with Crippen molar-refractivity contribution in [1.29, 1.82) is 0 Å². The maximum Gasteiger partial charge on any atom is 0.209 e. The van der Waals surface area contributed by atoms with Crippen LogP contribution in [0.2, 0.25) is 5.02 Å². The zero-order chi connectivity index (χ0) is 21.3. The third-order valence-electron chi connectivity index (χ3n) is 7.20. The molecule has 1 spiro atoms. The summed E-state index contributed by atoms with van der Waals surface area (Å²) in [5.74, 6) is 0. The van der Waals surface area contributed by atoms with Crippen molar-refractivity contribution in [2.45, 2.75) is 58.3 Å². The van der Waals surface area contributed by atoms with Crippen LogP contribution in [0.3, 0.4) is 0 Å². The third-order valence-corrected chi connectivity index (χ3v) is 7.43. The van der Waals surface area contributed by atoms with Crippen LogP contribution < -0.4 is 4.90 Å². The molecule has 0 unspecified atom stereocenters. The van der Waals surface area contributed by atoms with Gasteiger partial charge >= 0.3 is 0 Å². The third kappa shape index (κ3) is 3.60. The van der Waals surface area contributed by atoms with Crippen LogP contribution in [0.4, 0.5) is 11.4 Å². The highest BCUT2D eigenvalue weighted by atomic mass is 35.5. The Hall–Kier alpha value is -2.06. The highest BCUT2D eigenvalue weighted by Gasteiger charge is 2.50. The molecule has 2 nitrogen and oxygen atoms in total. The van der Waals surface area contributed by atoms with Gasteiger partial charge in [0.05, 0.1) is 5.41 Å².